The standard InChI is InChI=1S/C18H15ClO4/c1-11-7-8-14(19)16(9-11)23-18(20)17-13(10-21-2)12-5-3-4-6-15(12)22-17/h3-9H,10H2,1-2H3. The summed E-state index contributed by atoms with van der Waals surface area (Å²) in [5, 5.41) is 1.20. The Hall–Kier alpha value is -2.30. The van der Waals surface area contributed by atoms with Gasteiger partial charge in [-0.3, -0.25) is 0 Å². The van der Waals surface area contributed by atoms with Crippen molar-refractivity contribution in [2.75, 3.05) is 7.11 Å². The van der Waals surface area contributed by atoms with Crippen molar-refractivity contribution in [3.05, 3.63) is 64.4 Å². The molecule has 4 nitrogen and oxygen atoms in total. The van der Waals surface area contributed by atoms with E-state index in [0.29, 0.717) is 21.9 Å². The highest BCUT2D eigenvalue weighted by molar-refractivity contribution is 6.32. The molecule has 0 atom stereocenters. The number of benzene rings is 2. The van der Waals surface area contributed by atoms with Crippen molar-refractivity contribution < 1.29 is 18.7 Å². The van der Waals surface area contributed by atoms with Gasteiger partial charge in [-0.25, -0.2) is 4.79 Å². The summed E-state index contributed by atoms with van der Waals surface area (Å²) in [7, 11) is 1.56. The van der Waals surface area contributed by atoms with Gasteiger partial charge in [-0.05, 0) is 30.7 Å². The van der Waals surface area contributed by atoms with Crippen LogP contribution in [0.25, 0.3) is 11.0 Å². The maximum atomic E-state index is 12.5. The summed E-state index contributed by atoms with van der Waals surface area (Å²) in [6, 6.07) is 12.6. The third-order valence-corrected chi connectivity index (χ3v) is 3.77. The minimum Gasteiger partial charge on any atom is -0.449 e. The van der Waals surface area contributed by atoms with E-state index in [0.717, 1.165) is 10.9 Å². The first-order valence-corrected chi connectivity index (χ1v) is 7.45. The molecule has 0 aliphatic carbocycles. The number of rotatable bonds is 4. The zero-order valence-corrected chi connectivity index (χ0v) is 13.5. The Balaban J connectivity index is 2.00. The molecule has 1 aromatic heterocycles. The Morgan fingerprint density at radius 3 is 2.78 bits per heavy atom. The van der Waals surface area contributed by atoms with E-state index in [1.807, 2.05) is 31.2 Å². The molecule has 5 heteroatoms. The molecule has 2 aromatic carbocycles. The average molecular weight is 331 g/mol. The van der Waals surface area contributed by atoms with Crippen LogP contribution in [0.3, 0.4) is 0 Å². The first-order chi connectivity index (χ1) is 11.1. The molecule has 118 valence electrons. The molecule has 1 heterocycles. The highest BCUT2D eigenvalue weighted by Gasteiger charge is 2.23. The molecule has 0 radical (unpaired) electrons. The van der Waals surface area contributed by atoms with Crippen LogP contribution in [0.4, 0.5) is 0 Å². The minimum atomic E-state index is -0.597. The molecule has 0 saturated heterocycles. The van der Waals surface area contributed by atoms with Crippen LogP contribution in [0.15, 0.2) is 46.9 Å². The van der Waals surface area contributed by atoms with E-state index in [-0.39, 0.29) is 12.4 Å². The Morgan fingerprint density at radius 1 is 1.22 bits per heavy atom. The summed E-state index contributed by atoms with van der Waals surface area (Å²) in [6.45, 7) is 2.15. The minimum absolute atomic E-state index is 0.130. The molecule has 0 saturated carbocycles. The van der Waals surface area contributed by atoms with Crippen molar-refractivity contribution in [3.8, 4) is 5.75 Å². The van der Waals surface area contributed by atoms with Gasteiger partial charge in [-0.15, -0.1) is 0 Å². The molecule has 0 fully saturated rings. The lowest BCUT2D eigenvalue weighted by Crippen LogP contribution is -2.10. The van der Waals surface area contributed by atoms with Crippen LogP contribution < -0.4 is 4.74 Å². The summed E-state index contributed by atoms with van der Waals surface area (Å²) in [4.78, 5) is 12.5. The predicted octanol–water partition coefficient (Wildman–Crippen LogP) is 4.76. The van der Waals surface area contributed by atoms with E-state index in [9.17, 15) is 4.79 Å². The highest BCUT2D eigenvalue weighted by Crippen LogP contribution is 2.30. The number of methoxy groups -OCH3 is 1. The summed E-state index contributed by atoms with van der Waals surface area (Å²) < 4.78 is 16.3. The van der Waals surface area contributed by atoms with Gasteiger partial charge < -0.3 is 13.9 Å². The number of furan rings is 1. The van der Waals surface area contributed by atoms with Gasteiger partial charge in [0.15, 0.2) is 0 Å². The van der Waals surface area contributed by atoms with Crippen molar-refractivity contribution in [3.63, 3.8) is 0 Å². The molecular formula is C18H15ClO4. The maximum Gasteiger partial charge on any atom is 0.380 e. The lowest BCUT2D eigenvalue weighted by Gasteiger charge is -2.07. The van der Waals surface area contributed by atoms with E-state index in [2.05, 4.69) is 0 Å². The fourth-order valence-corrected chi connectivity index (χ4v) is 2.54. The molecule has 0 amide bonds. The topological polar surface area (TPSA) is 48.7 Å². The first kappa shape index (κ1) is 15.6. The zero-order valence-electron chi connectivity index (χ0n) is 12.8. The van der Waals surface area contributed by atoms with E-state index in [1.165, 1.54) is 0 Å². The molecular weight excluding hydrogens is 316 g/mol. The van der Waals surface area contributed by atoms with E-state index in [1.54, 1.807) is 25.3 Å². The van der Waals surface area contributed by atoms with Crippen LogP contribution in [-0.4, -0.2) is 13.1 Å². The molecule has 0 N–H and O–H groups in total. The molecule has 0 aliphatic heterocycles. The van der Waals surface area contributed by atoms with Crippen molar-refractivity contribution in [1.29, 1.82) is 0 Å². The molecule has 3 rings (SSSR count). The van der Waals surface area contributed by atoms with Crippen LogP contribution >= 0.6 is 11.6 Å². The van der Waals surface area contributed by atoms with E-state index < -0.39 is 5.97 Å². The number of aryl methyl sites for hydroxylation is 1. The molecule has 0 unspecified atom stereocenters. The van der Waals surface area contributed by atoms with Gasteiger partial charge >= 0.3 is 5.97 Å². The molecule has 0 bridgehead atoms. The van der Waals surface area contributed by atoms with Gasteiger partial charge in [0.25, 0.3) is 0 Å². The van der Waals surface area contributed by atoms with Crippen molar-refractivity contribution in [2.45, 2.75) is 13.5 Å². The van der Waals surface area contributed by atoms with Gasteiger partial charge in [0.1, 0.15) is 11.3 Å². The van der Waals surface area contributed by atoms with Crippen LogP contribution in [0.1, 0.15) is 21.7 Å². The van der Waals surface area contributed by atoms with Crippen LogP contribution in [-0.2, 0) is 11.3 Å². The fraction of sp³-hybridized carbons (Fsp3) is 0.167. The number of carbonyl (C=O) groups is 1. The summed E-state index contributed by atoms with van der Waals surface area (Å²) >= 11 is 6.07. The number of carbonyl (C=O) groups excluding carboxylic acids is 1. The number of ether oxygens (including phenoxy) is 2. The number of hydrogen-bond acceptors (Lipinski definition) is 4. The SMILES string of the molecule is COCc1c(C(=O)Oc2cc(C)ccc2Cl)oc2ccccc12. The van der Waals surface area contributed by atoms with Gasteiger partial charge in [-0.1, -0.05) is 35.9 Å². The lowest BCUT2D eigenvalue weighted by atomic mass is 10.1. The average Bonchev–Trinajstić information content (AvgIpc) is 2.90. The number of para-hydroxylation sites is 1. The largest absolute Gasteiger partial charge is 0.449 e. The molecule has 3 aromatic rings. The van der Waals surface area contributed by atoms with Crippen LogP contribution in [0, 0.1) is 6.92 Å². The van der Waals surface area contributed by atoms with E-state index >= 15 is 0 Å². The molecule has 0 spiro atoms. The number of halogens is 1. The maximum absolute atomic E-state index is 12.5. The third-order valence-electron chi connectivity index (χ3n) is 3.46. The van der Waals surface area contributed by atoms with Gasteiger partial charge in [-0.2, -0.15) is 0 Å². The summed E-state index contributed by atoms with van der Waals surface area (Å²) in [6.07, 6.45) is 0. The summed E-state index contributed by atoms with van der Waals surface area (Å²) in [5.41, 5.74) is 2.22. The normalized spacial score (nSPS) is 10.9. The molecule has 23 heavy (non-hydrogen) atoms. The second kappa shape index (κ2) is 6.44. The van der Waals surface area contributed by atoms with Crippen molar-refractivity contribution in [1.82, 2.24) is 0 Å². The Kier molecular flexibility index (Phi) is 4.37. The second-order valence-corrected chi connectivity index (χ2v) is 5.57. The number of esters is 1. The van der Waals surface area contributed by atoms with Crippen LogP contribution in [0.5, 0.6) is 5.75 Å². The molecule has 0 aliphatic rings. The van der Waals surface area contributed by atoms with Gasteiger partial charge in [0.05, 0.1) is 11.6 Å². The Labute approximate surface area is 138 Å². The van der Waals surface area contributed by atoms with E-state index in [4.69, 9.17) is 25.5 Å². The monoisotopic (exact) mass is 330 g/mol. The summed E-state index contributed by atoms with van der Waals surface area (Å²) in [5.74, 6) is -0.160. The smallest absolute Gasteiger partial charge is 0.380 e. The number of hydrogen-bond donors (Lipinski definition) is 0. The van der Waals surface area contributed by atoms with Crippen molar-refractivity contribution >= 4 is 28.5 Å². The third kappa shape index (κ3) is 3.09. The van der Waals surface area contributed by atoms with Gasteiger partial charge in [0.2, 0.25) is 5.76 Å². The Morgan fingerprint density at radius 2 is 2.00 bits per heavy atom. The predicted molar refractivity (Wildman–Crippen MR) is 88.1 cm³/mol. The van der Waals surface area contributed by atoms with Crippen LogP contribution in [0.2, 0.25) is 5.02 Å². The quantitative estimate of drug-likeness (QED) is 0.511. The Bertz CT molecular complexity index is 867. The highest BCUT2D eigenvalue weighted by atomic mass is 35.5. The second-order valence-electron chi connectivity index (χ2n) is 5.16. The lowest BCUT2D eigenvalue weighted by molar-refractivity contribution is 0.0697. The van der Waals surface area contributed by atoms with Crippen molar-refractivity contribution in [2.24, 2.45) is 0 Å². The first-order valence-electron chi connectivity index (χ1n) is 7.08. The van der Waals surface area contributed by atoms with Gasteiger partial charge in [0, 0.05) is 18.1 Å². The fourth-order valence-electron chi connectivity index (χ4n) is 2.39. The zero-order chi connectivity index (χ0) is 16.4. The number of fused-ring (bicyclic) bond motifs is 1.